The molecular weight excluding hydrogens is 148 g/mol. The van der Waals surface area contributed by atoms with Gasteiger partial charge in [-0.2, -0.15) is 0 Å². The Morgan fingerprint density at radius 3 is 2.17 bits per heavy atom. The van der Waals surface area contributed by atoms with E-state index in [1.54, 1.807) is 0 Å². The van der Waals surface area contributed by atoms with Gasteiger partial charge in [-0.05, 0) is 34.0 Å². The van der Waals surface area contributed by atoms with Crippen molar-refractivity contribution in [3.63, 3.8) is 0 Å². The Morgan fingerprint density at radius 2 is 1.75 bits per heavy atom. The second-order valence-electron chi connectivity index (χ2n) is 4.21. The number of likely N-dealkylation sites (N-methyl/N-ethyl adjacent to an activating group) is 2. The zero-order valence-electron chi connectivity index (χ0n) is 8.69. The van der Waals surface area contributed by atoms with E-state index in [4.69, 9.17) is 0 Å². The topological polar surface area (TPSA) is 15.3 Å². The van der Waals surface area contributed by atoms with Gasteiger partial charge < -0.3 is 10.2 Å². The first kappa shape index (κ1) is 10.0. The lowest BCUT2D eigenvalue weighted by Crippen LogP contribution is -2.52. The number of nitrogens with one attached hydrogen (secondary N) is 1. The molecule has 1 fully saturated rings. The highest BCUT2D eigenvalue weighted by Gasteiger charge is 2.32. The number of nitrogens with zero attached hydrogens (tertiary/aromatic N) is 1. The summed E-state index contributed by atoms with van der Waals surface area (Å²) < 4.78 is 0. The van der Waals surface area contributed by atoms with E-state index in [9.17, 15) is 0 Å². The summed E-state index contributed by atoms with van der Waals surface area (Å²) in [7, 11) is 6.48. The second kappa shape index (κ2) is 4.24. The van der Waals surface area contributed by atoms with Gasteiger partial charge in [-0.3, -0.25) is 0 Å². The summed E-state index contributed by atoms with van der Waals surface area (Å²) in [6.07, 6.45) is 6.96. The molecule has 0 atom stereocenters. The van der Waals surface area contributed by atoms with E-state index in [1.165, 1.54) is 32.1 Å². The first-order valence-electron chi connectivity index (χ1n) is 5.03. The largest absolute Gasteiger partial charge is 0.318 e. The molecule has 0 aromatic rings. The van der Waals surface area contributed by atoms with Crippen molar-refractivity contribution in [3.8, 4) is 0 Å². The molecule has 1 aliphatic carbocycles. The zero-order chi connectivity index (χ0) is 9.03. The minimum atomic E-state index is 0.451. The summed E-state index contributed by atoms with van der Waals surface area (Å²) in [6, 6.07) is 0. The Bertz CT molecular complexity index is 120. The molecule has 72 valence electrons. The van der Waals surface area contributed by atoms with E-state index in [1.807, 2.05) is 0 Å². The molecular formula is C10H22N2. The summed E-state index contributed by atoms with van der Waals surface area (Å²) >= 11 is 0. The van der Waals surface area contributed by atoms with Crippen molar-refractivity contribution in [2.24, 2.45) is 0 Å². The minimum absolute atomic E-state index is 0.451. The van der Waals surface area contributed by atoms with Crippen molar-refractivity contribution in [1.29, 1.82) is 0 Å². The average Bonchev–Trinajstić information content (AvgIpc) is 2.06. The van der Waals surface area contributed by atoms with Crippen LogP contribution in [0.3, 0.4) is 0 Å². The van der Waals surface area contributed by atoms with Gasteiger partial charge in [0.2, 0.25) is 0 Å². The van der Waals surface area contributed by atoms with Crippen molar-refractivity contribution < 1.29 is 0 Å². The minimum Gasteiger partial charge on any atom is -0.318 e. The molecule has 1 N–H and O–H groups in total. The van der Waals surface area contributed by atoms with Gasteiger partial charge in [0.15, 0.2) is 0 Å². The van der Waals surface area contributed by atoms with Gasteiger partial charge in [0.1, 0.15) is 0 Å². The SMILES string of the molecule is CNCC1(N(C)C)CCCCC1. The first-order chi connectivity index (χ1) is 5.71. The summed E-state index contributed by atoms with van der Waals surface area (Å²) in [6.45, 7) is 1.14. The van der Waals surface area contributed by atoms with Gasteiger partial charge in [-0.15, -0.1) is 0 Å². The lowest BCUT2D eigenvalue weighted by atomic mass is 9.80. The van der Waals surface area contributed by atoms with Crippen molar-refractivity contribution in [2.45, 2.75) is 37.6 Å². The summed E-state index contributed by atoms with van der Waals surface area (Å²) in [4.78, 5) is 2.41. The van der Waals surface area contributed by atoms with Gasteiger partial charge in [0.25, 0.3) is 0 Å². The number of rotatable bonds is 3. The zero-order valence-corrected chi connectivity index (χ0v) is 8.69. The quantitative estimate of drug-likeness (QED) is 0.690. The molecule has 0 aromatic heterocycles. The van der Waals surface area contributed by atoms with Crippen molar-refractivity contribution in [2.75, 3.05) is 27.7 Å². The van der Waals surface area contributed by atoms with Gasteiger partial charge in [-0.1, -0.05) is 19.3 Å². The van der Waals surface area contributed by atoms with Crippen molar-refractivity contribution in [3.05, 3.63) is 0 Å². The van der Waals surface area contributed by atoms with E-state index in [0.29, 0.717) is 5.54 Å². The molecule has 2 heteroatoms. The fourth-order valence-corrected chi connectivity index (χ4v) is 2.32. The van der Waals surface area contributed by atoms with E-state index in [-0.39, 0.29) is 0 Å². The van der Waals surface area contributed by atoms with Crippen molar-refractivity contribution >= 4 is 0 Å². The predicted octanol–water partition coefficient (Wildman–Crippen LogP) is 1.47. The molecule has 0 heterocycles. The first-order valence-corrected chi connectivity index (χ1v) is 5.03. The highest BCUT2D eigenvalue weighted by Crippen LogP contribution is 2.31. The third-order valence-corrected chi connectivity index (χ3v) is 3.24. The van der Waals surface area contributed by atoms with E-state index in [2.05, 4.69) is 31.4 Å². The van der Waals surface area contributed by atoms with Crippen LogP contribution in [0, 0.1) is 0 Å². The van der Waals surface area contributed by atoms with Gasteiger partial charge in [0, 0.05) is 12.1 Å². The molecule has 0 radical (unpaired) electrons. The van der Waals surface area contributed by atoms with E-state index >= 15 is 0 Å². The van der Waals surface area contributed by atoms with Crippen LogP contribution in [0.25, 0.3) is 0 Å². The maximum absolute atomic E-state index is 3.32. The molecule has 0 spiro atoms. The summed E-state index contributed by atoms with van der Waals surface area (Å²) in [5.74, 6) is 0. The van der Waals surface area contributed by atoms with Crippen LogP contribution in [-0.2, 0) is 0 Å². The standard InChI is InChI=1S/C10H22N2/c1-11-9-10(12(2)3)7-5-4-6-8-10/h11H,4-9H2,1-3H3. The molecule has 0 aliphatic heterocycles. The maximum Gasteiger partial charge on any atom is 0.0327 e. The fourth-order valence-electron chi connectivity index (χ4n) is 2.32. The smallest absolute Gasteiger partial charge is 0.0327 e. The molecule has 1 rings (SSSR count). The Labute approximate surface area is 76.3 Å². The normalized spacial score (nSPS) is 23.0. The van der Waals surface area contributed by atoms with Gasteiger partial charge >= 0.3 is 0 Å². The molecule has 0 bridgehead atoms. The Morgan fingerprint density at radius 1 is 1.17 bits per heavy atom. The van der Waals surface area contributed by atoms with Crippen molar-refractivity contribution in [1.82, 2.24) is 10.2 Å². The van der Waals surface area contributed by atoms with E-state index in [0.717, 1.165) is 6.54 Å². The Balaban J connectivity index is 2.56. The molecule has 2 nitrogen and oxygen atoms in total. The third-order valence-electron chi connectivity index (χ3n) is 3.24. The molecule has 0 saturated heterocycles. The molecule has 1 aliphatic rings. The van der Waals surface area contributed by atoms with Gasteiger partial charge in [-0.25, -0.2) is 0 Å². The van der Waals surface area contributed by atoms with Crippen LogP contribution in [0.5, 0.6) is 0 Å². The van der Waals surface area contributed by atoms with Crippen LogP contribution in [-0.4, -0.2) is 38.1 Å². The average molecular weight is 170 g/mol. The molecule has 12 heavy (non-hydrogen) atoms. The number of hydrogen-bond donors (Lipinski definition) is 1. The highest BCUT2D eigenvalue weighted by atomic mass is 15.2. The molecule has 1 saturated carbocycles. The summed E-state index contributed by atoms with van der Waals surface area (Å²) in [5.41, 5.74) is 0.451. The lowest BCUT2D eigenvalue weighted by Gasteiger charge is -2.43. The van der Waals surface area contributed by atoms with Crippen LogP contribution in [0.4, 0.5) is 0 Å². The Kier molecular flexibility index (Phi) is 3.53. The highest BCUT2D eigenvalue weighted by molar-refractivity contribution is 4.92. The second-order valence-corrected chi connectivity index (χ2v) is 4.21. The van der Waals surface area contributed by atoms with Gasteiger partial charge in [0.05, 0.1) is 0 Å². The van der Waals surface area contributed by atoms with Crippen LogP contribution >= 0.6 is 0 Å². The molecule has 0 amide bonds. The third kappa shape index (κ3) is 1.99. The maximum atomic E-state index is 3.32. The van der Waals surface area contributed by atoms with Crippen LogP contribution in [0.15, 0.2) is 0 Å². The Hall–Kier alpha value is -0.0800. The fraction of sp³-hybridized carbons (Fsp3) is 1.00. The molecule has 0 unspecified atom stereocenters. The monoisotopic (exact) mass is 170 g/mol. The predicted molar refractivity (Wildman–Crippen MR) is 53.4 cm³/mol. The summed E-state index contributed by atoms with van der Waals surface area (Å²) in [5, 5.41) is 3.32. The van der Waals surface area contributed by atoms with Crippen LogP contribution < -0.4 is 5.32 Å². The molecule has 0 aromatic carbocycles. The van der Waals surface area contributed by atoms with E-state index < -0.39 is 0 Å². The lowest BCUT2D eigenvalue weighted by molar-refractivity contribution is 0.101. The van der Waals surface area contributed by atoms with Crippen LogP contribution in [0.1, 0.15) is 32.1 Å². The number of hydrogen-bond acceptors (Lipinski definition) is 2. The van der Waals surface area contributed by atoms with Crippen LogP contribution in [0.2, 0.25) is 0 Å².